The summed E-state index contributed by atoms with van der Waals surface area (Å²) >= 11 is 7.48. The zero-order valence-electron chi connectivity index (χ0n) is 19.7. The molecule has 36 heavy (non-hydrogen) atoms. The molecule has 0 aromatic heterocycles. The van der Waals surface area contributed by atoms with Gasteiger partial charge in [0.1, 0.15) is 6.61 Å². The van der Waals surface area contributed by atoms with E-state index in [0.717, 1.165) is 11.1 Å². The van der Waals surface area contributed by atoms with Gasteiger partial charge in [0.25, 0.3) is 5.91 Å². The van der Waals surface area contributed by atoms with Gasteiger partial charge in [-0.3, -0.25) is 9.59 Å². The molecular weight excluding hydrogens is 498 g/mol. The molecule has 0 aliphatic carbocycles. The van der Waals surface area contributed by atoms with Gasteiger partial charge in [-0.2, -0.15) is 0 Å². The summed E-state index contributed by atoms with van der Waals surface area (Å²) < 4.78 is 11.7. The number of nitrogens with one attached hydrogen (secondary N) is 2. The molecule has 1 saturated heterocycles. The highest BCUT2D eigenvalue weighted by Gasteiger charge is 2.24. The van der Waals surface area contributed by atoms with Crippen LogP contribution < -0.4 is 20.1 Å². The second-order valence-electron chi connectivity index (χ2n) is 7.73. The summed E-state index contributed by atoms with van der Waals surface area (Å²) in [4.78, 5) is 28.7. The lowest BCUT2D eigenvalue weighted by Gasteiger charge is -2.13. The number of aliphatic imine (C=N–C) groups is 1. The Kier molecular flexibility index (Phi) is 8.30. The predicted octanol–water partition coefficient (Wildman–Crippen LogP) is 6.17. The van der Waals surface area contributed by atoms with Gasteiger partial charge >= 0.3 is 0 Å². The van der Waals surface area contributed by atoms with Gasteiger partial charge in [0, 0.05) is 23.2 Å². The summed E-state index contributed by atoms with van der Waals surface area (Å²) in [5.74, 6) is 0.795. The van der Waals surface area contributed by atoms with Gasteiger partial charge in [-0.25, -0.2) is 4.99 Å². The Morgan fingerprint density at radius 1 is 1.08 bits per heavy atom. The summed E-state index contributed by atoms with van der Waals surface area (Å²) in [6.07, 6.45) is 1.78. The molecule has 0 spiro atoms. The Labute approximate surface area is 218 Å². The molecule has 1 fully saturated rings. The quantitative estimate of drug-likeness (QED) is 0.346. The lowest BCUT2D eigenvalue weighted by Crippen LogP contribution is -2.19. The van der Waals surface area contributed by atoms with Crippen LogP contribution in [0.15, 0.2) is 76.6 Å². The average Bonchev–Trinajstić information content (AvgIpc) is 3.19. The van der Waals surface area contributed by atoms with Gasteiger partial charge in [0.2, 0.25) is 5.91 Å². The molecule has 2 amide bonds. The van der Waals surface area contributed by atoms with E-state index >= 15 is 0 Å². The third kappa shape index (κ3) is 6.68. The van der Waals surface area contributed by atoms with E-state index in [1.54, 1.807) is 30.3 Å². The van der Waals surface area contributed by atoms with Crippen molar-refractivity contribution in [3.63, 3.8) is 0 Å². The van der Waals surface area contributed by atoms with E-state index in [1.807, 2.05) is 49.4 Å². The largest absolute Gasteiger partial charge is 0.490 e. The molecule has 3 aromatic rings. The Hall–Kier alpha value is -3.75. The maximum Gasteiger partial charge on any atom is 0.264 e. The van der Waals surface area contributed by atoms with Crippen molar-refractivity contribution in [3.8, 4) is 11.5 Å². The first kappa shape index (κ1) is 25.3. The number of amidine groups is 1. The summed E-state index contributed by atoms with van der Waals surface area (Å²) in [7, 11) is 0. The molecule has 184 valence electrons. The van der Waals surface area contributed by atoms with Crippen molar-refractivity contribution in [2.24, 2.45) is 4.99 Å². The minimum absolute atomic E-state index is 0.143. The molecular formula is C27H24ClN3O4S. The third-order valence-corrected chi connectivity index (χ3v) is 6.25. The van der Waals surface area contributed by atoms with Crippen molar-refractivity contribution in [1.29, 1.82) is 0 Å². The topological polar surface area (TPSA) is 89.0 Å². The standard InChI is InChI=1S/C27H24ClN3O4S/c1-3-34-24-14-18(8-13-23(24)35-16-19-6-4-5-7-22(19)28)15-25-26(33)31-27(36-25)30-21-11-9-20(10-12-21)29-17(2)32/h4-15H,3,16H2,1-2H3,(H,29,32)(H,30,31,33)/b25-15-. The van der Waals surface area contributed by atoms with Crippen molar-refractivity contribution in [3.05, 3.63) is 87.8 Å². The van der Waals surface area contributed by atoms with E-state index in [0.29, 0.717) is 51.2 Å². The molecule has 1 aliphatic heterocycles. The summed E-state index contributed by atoms with van der Waals surface area (Å²) in [5.41, 5.74) is 3.01. The monoisotopic (exact) mass is 521 g/mol. The van der Waals surface area contributed by atoms with Crippen molar-refractivity contribution in [1.82, 2.24) is 5.32 Å². The zero-order valence-corrected chi connectivity index (χ0v) is 21.3. The molecule has 1 aliphatic rings. The van der Waals surface area contributed by atoms with E-state index in [1.165, 1.54) is 18.7 Å². The maximum atomic E-state index is 12.5. The predicted molar refractivity (Wildman–Crippen MR) is 145 cm³/mol. The molecule has 0 bridgehead atoms. The van der Waals surface area contributed by atoms with Crippen LogP contribution >= 0.6 is 23.4 Å². The first-order chi connectivity index (χ1) is 17.4. The molecule has 0 radical (unpaired) electrons. The molecule has 0 atom stereocenters. The number of hydrogen-bond donors (Lipinski definition) is 2. The Morgan fingerprint density at radius 2 is 1.86 bits per heavy atom. The van der Waals surface area contributed by atoms with E-state index in [2.05, 4.69) is 15.6 Å². The number of amides is 2. The second-order valence-corrected chi connectivity index (χ2v) is 9.17. The number of thioether (sulfide) groups is 1. The third-order valence-electron chi connectivity index (χ3n) is 4.98. The smallest absolute Gasteiger partial charge is 0.264 e. The van der Waals surface area contributed by atoms with Crippen LogP contribution in [-0.2, 0) is 16.2 Å². The molecule has 3 aromatic carbocycles. The van der Waals surface area contributed by atoms with E-state index in [4.69, 9.17) is 21.1 Å². The lowest BCUT2D eigenvalue weighted by molar-refractivity contribution is -0.115. The van der Waals surface area contributed by atoms with Gasteiger partial charge < -0.3 is 20.1 Å². The first-order valence-corrected chi connectivity index (χ1v) is 12.4. The molecule has 4 rings (SSSR count). The number of hydrogen-bond acceptors (Lipinski definition) is 6. The summed E-state index contributed by atoms with van der Waals surface area (Å²) in [6.45, 7) is 4.12. The number of halogens is 1. The van der Waals surface area contributed by atoms with Crippen LogP contribution in [0.1, 0.15) is 25.0 Å². The minimum atomic E-state index is -0.231. The fraction of sp³-hybridized carbons (Fsp3) is 0.148. The van der Waals surface area contributed by atoms with Crippen LogP contribution in [0.3, 0.4) is 0 Å². The fourth-order valence-electron chi connectivity index (χ4n) is 3.34. The van der Waals surface area contributed by atoms with Crippen LogP contribution in [0.5, 0.6) is 11.5 Å². The van der Waals surface area contributed by atoms with Crippen LogP contribution in [0.25, 0.3) is 6.08 Å². The van der Waals surface area contributed by atoms with Gasteiger partial charge in [0.15, 0.2) is 16.7 Å². The van der Waals surface area contributed by atoms with Crippen LogP contribution in [-0.4, -0.2) is 23.6 Å². The number of anilines is 1. The van der Waals surface area contributed by atoms with Crippen LogP contribution in [0, 0.1) is 0 Å². The Balaban J connectivity index is 1.48. The highest BCUT2D eigenvalue weighted by Crippen LogP contribution is 2.33. The van der Waals surface area contributed by atoms with Gasteiger partial charge in [-0.1, -0.05) is 35.9 Å². The van der Waals surface area contributed by atoms with Crippen molar-refractivity contribution in [2.45, 2.75) is 20.5 Å². The normalized spacial score (nSPS) is 15.1. The number of benzene rings is 3. The number of ether oxygens (including phenoxy) is 2. The molecule has 0 saturated carbocycles. The average molecular weight is 522 g/mol. The zero-order chi connectivity index (χ0) is 25.5. The molecule has 1 heterocycles. The fourth-order valence-corrected chi connectivity index (χ4v) is 4.38. The number of carbonyl (C=O) groups excluding carboxylic acids is 2. The highest BCUT2D eigenvalue weighted by molar-refractivity contribution is 8.18. The minimum Gasteiger partial charge on any atom is -0.490 e. The Morgan fingerprint density at radius 3 is 2.58 bits per heavy atom. The van der Waals surface area contributed by atoms with E-state index < -0.39 is 0 Å². The number of nitrogens with zero attached hydrogens (tertiary/aromatic N) is 1. The second kappa shape index (κ2) is 11.8. The van der Waals surface area contributed by atoms with Crippen molar-refractivity contribution < 1.29 is 19.1 Å². The van der Waals surface area contributed by atoms with Crippen molar-refractivity contribution >= 4 is 57.8 Å². The molecule has 7 nitrogen and oxygen atoms in total. The number of rotatable bonds is 8. The van der Waals surface area contributed by atoms with Gasteiger partial charge in [0.05, 0.1) is 17.2 Å². The molecule has 9 heteroatoms. The SMILES string of the molecule is CCOc1cc(/C=C2\SC(=Nc3ccc(NC(C)=O)cc3)NC2=O)ccc1OCc1ccccc1Cl. The number of carbonyl (C=O) groups is 2. The van der Waals surface area contributed by atoms with Gasteiger partial charge in [-0.05, 0) is 72.8 Å². The molecule has 2 N–H and O–H groups in total. The van der Waals surface area contributed by atoms with Crippen LogP contribution in [0.4, 0.5) is 11.4 Å². The Bertz CT molecular complexity index is 1340. The van der Waals surface area contributed by atoms with Crippen LogP contribution in [0.2, 0.25) is 5.02 Å². The van der Waals surface area contributed by atoms with Crippen molar-refractivity contribution in [2.75, 3.05) is 11.9 Å². The highest BCUT2D eigenvalue weighted by atomic mass is 35.5. The van der Waals surface area contributed by atoms with E-state index in [-0.39, 0.29) is 11.8 Å². The van der Waals surface area contributed by atoms with E-state index in [9.17, 15) is 9.59 Å². The summed E-state index contributed by atoms with van der Waals surface area (Å²) in [6, 6.07) is 20.1. The lowest BCUT2D eigenvalue weighted by atomic mass is 10.2. The van der Waals surface area contributed by atoms with Gasteiger partial charge in [-0.15, -0.1) is 0 Å². The first-order valence-electron chi connectivity index (χ1n) is 11.2. The summed E-state index contributed by atoms with van der Waals surface area (Å²) in [5, 5.41) is 6.60. The molecule has 0 unspecified atom stereocenters. The maximum absolute atomic E-state index is 12.5.